The van der Waals surface area contributed by atoms with Crippen molar-refractivity contribution >= 4 is 32.8 Å². The Bertz CT molecular complexity index is 1390. The zero-order valence-corrected chi connectivity index (χ0v) is 19.9. The van der Waals surface area contributed by atoms with Gasteiger partial charge in [0.2, 0.25) is 10.0 Å². The Labute approximate surface area is 195 Å². The van der Waals surface area contributed by atoms with Crippen molar-refractivity contribution in [2.75, 3.05) is 26.3 Å². The van der Waals surface area contributed by atoms with E-state index in [-0.39, 0.29) is 4.90 Å². The van der Waals surface area contributed by atoms with Gasteiger partial charge in [-0.05, 0) is 38.1 Å². The standard InChI is InChI=1S/C21H23N5O5S2/c1-3-26-18-5-4-15(33(27,28)25-7-10-29-11-8-25)12-17(18)22-19(26)13-32-21-24-23-20(31-21)16-6-9-30-14(16)2/h4-6,9,12H,3,7-8,10-11,13H2,1-2H3. The predicted molar refractivity (Wildman–Crippen MR) is 121 cm³/mol. The highest BCUT2D eigenvalue weighted by Gasteiger charge is 2.27. The van der Waals surface area contributed by atoms with Crippen LogP contribution in [0.1, 0.15) is 18.5 Å². The molecule has 5 rings (SSSR count). The van der Waals surface area contributed by atoms with E-state index in [1.54, 1.807) is 24.5 Å². The topological polar surface area (TPSA) is 116 Å². The lowest BCUT2D eigenvalue weighted by atomic mass is 10.3. The number of thioether (sulfide) groups is 1. The van der Waals surface area contributed by atoms with E-state index in [2.05, 4.69) is 14.8 Å². The predicted octanol–water partition coefficient (Wildman–Crippen LogP) is 3.32. The van der Waals surface area contributed by atoms with Crippen LogP contribution < -0.4 is 0 Å². The van der Waals surface area contributed by atoms with Crippen LogP contribution in [0.5, 0.6) is 0 Å². The highest BCUT2D eigenvalue weighted by molar-refractivity contribution is 7.98. The third-order valence-corrected chi connectivity index (χ3v) is 8.25. The molecular formula is C21H23N5O5S2. The van der Waals surface area contributed by atoms with Gasteiger partial charge in [-0.2, -0.15) is 4.31 Å². The van der Waals surface area contributed by atoms with Crippen LogP contribution in [0.25, 0.3) is 22.5 Å². The quantitative estimate of drug-likeness (QED) is 0.360. The average molecular weight is 490 g/mol. The molecule has 0 saturated carbocycles. The third-order valence-electron chi connectivity index (χ3n) is 5.54. The molecule has 0 atom stereocenters. The lowest BCUT2D eigenvalue weighted by molar-refractivity contribution is 0.0730. The van der Waals surface area contributed by atoms with Crippen LogP contribution in [-0.2, 0) is 27.1 Å². The van der Waals surface area contributed by atoms with Gasteiger partial charge in [-0.25, -0.2) is 13.4 Å². The number of sulfonamides is 1. The molecule has 0 bridgehead atoms. The number of hydrogen-bond donors (Lipinski definition) is 0. The summed E-state index contributed by atoms with van der Waals surface area (Å²) >= 11 is 1.38. The molecule has 4 aromatic rings. The Hall–Kier alpha value is -2.67. The van der Waals surface area contributed by atoms with Gasteiger partial charge in [-0.1, -0.05) is 11.8 Å². The van der Waals surface area contributed by atoms with Gasteiger partial charge in [0.05, 0.1) is 46.7 Å². The molecule has 10 nitrogen and oxygen atoms in total. The van der Waals surface area contributed by atoms with Gasteiger partial charge in [-0.3, -0.25) is 0 Å². The molecule has 12 heteroatoms. The molecule has 1 aliphatic rings. The average Bonchev–Trinajstić information content (AvgIpc) is 3.55. The summed E-state index contributed by atoms with van der Waals surface area (Å²) in [6.07, 6.45) is 1.58. The van der Waals surface area contributed by atoms with E-state index in [1.807, 2.05) is 19.9 Å². The molecule has 0 unspecified atom stereocenters. The van der Waals surface area contributed by atoms with Gasteiger partial charge >= 0.3 is 0 Å². The number of rotatable bonds is 7. The Kier molecular flexibility index (Phi) is 5.99. The number of fused-ring (bicyclic) bond motifs is 1. The molecular weight excluding hydrogens is 466 g/mol. The number of morpholine rings is 1. The molecule has 1 aliphatic heterocycles. The summed E-state index contributed by atoms with van der Waals surface area (Å²) in [6, 6.07) is 6.90. The second kappa shape index (κ2) is 8.93. The largest absolute Gasteiger partial charge is 0.469 e. The summed E-state index contributed by atoms with van der Waals surface area (Å²) < 4.78 is 45.9. The van der Waals surface area contributed by atoms with Gasteiger partial charge in [-0.15, -0.1) is 10.2 Å². The number of nitrogens with zero attached hydrogens (tertiary/aromatic N) is 5. The van der Waals surface area contributed by atoms with E-state index in [0.29, 0.717) is 61.0 Å². The summed E-state index contributed by atoms with van der Waals surface area (Å²) in [4.78, 5) is 4.96. The first-order chi connectivity index (χ1) is 16.0. The number of aryl methyl sites for hydroxylation is 2. The Morgan fingerprint density at radius 3 is 2.70 bits per heavy atom. The highest BCUT2D eigenvalue weighted by atomic mass is 32.2. The first-order valence-electron chi connectivity index (χ1n) is 10.5. The van der Waals surface area contributed by atoms with Crippen molar-refractivity contribution in [1.82, 2.24) is 24.1 Å². The number of ether oxygens (including phenoxy) is 1. The summed E-state index contributed by atoms with van der Waals surface area (Å²) in [5, 5.41) is 8.63. The number of benzene rings is 1. The number of furan rings is 1. The highest BCUT2D eigenvalue weighted by Crippen LogP contribution is 2.29. The maximum Gasteiger partial charge on any atom is 0.277 e. The van der Waals surface area contributed by atoms with E-state index in [4.69, 9.17) is 18.6 Å². The van der Waals surface area contributed by atoms with Gasteiger partial charge in [0.1, 0.15) is 11.6 Å². The van der Waals surface area contributed by atoms with E-state index in [9.17, 15) is 8.42 Å². The van der Waals surface area contributed by atoms with Crippen molar-refractivity contribution in [3.05, 3.63) is 42.1 Å². The fourth-order valence-corrected chi connectivity index (χ4v) is 5.97. The Morgan fingerprint density at radius 2 is 1.97 bits per heavy atom. The van der Waals surface area contributed by atoms with Gasteiger partial charge < -0.3 is 18.1 Å². The Morgan fingerprint density at radius 1 is 1.15 bits per heavy atom. The van der Waals surface area contributed by atoms with Crippen molar-refractivity contribution in [3.8, 4) is 11.5 Å². The van der Waals surface area contributed by atoms with Crippen LogP contribution in [0.2, 0.25) is 0 Å². The summed E-state index contributed by atoms with van der Waals surface area (Å²) in [5.41, 5.74) is 2.29. The summed E-state index contributed by atoms with van der Waals surface area (Å²) in [5.74, 6) is 2.43. The van der Waals surface area contributed by atoms with Crippen LogP contribution in [0, 0.1) is 6.92 Å². The molecule has 1 aromatic carbocycles. The second-order valence-electron chi connectivity index (χ2n) is 7.49. The van der Waals surface area contributed by atoms with Crippen molar-refractivity contribution in [2.24, 2.45) is 0 Å². The fraction of sp³-hybridized carbons (Fsp3) is 0.381. The zero-order valence-electron chi connectivity index (χ0n) is 18.2. The fourth-order valence-electron chi connectivity index (χ4n) is 3.83. The molecule has 0 spiro atoms. The van der Waals surface area contributed by atoms with Crippen LogP contribution in [0.3, 0.4) is 0 Å². The minimum Gasteiger partial charge on any atom is -0.469 e. The lowest BCUT2D eigenvalue weighted by Crippen LogP contribution is -2.40. The normalized spacial score (nSPS) is 15.5. The molecule has 0 amide bonds. The molecule has 1 fully saturated rings. The van der Waals surface area contributed by atoms with Crippen LogP contribution in [-0.4, -0.2) is 58.8 Å². The molecule has 174 valence electrons. The molecule has 33 heavy (non-hydrogen) atoms. The van der Waals surface area contributed by atoms with Crippen molar-refractivity contribution in [1.29, 1.82) is 0 Å². The first-order valence-corrected chi connectivity index (χ1v) is 13.0. The molecule has 0 radical (unpaired) electrons. The van der Waals surface area contributed by atoms with Gasteiger partial charge in [0.25, 0.3) is 11.1 Å². The summed E-state index contributed by atoms with van der Waals surface area (Å²) in [7, 11) is -3.58. The summed E-state index contributed by atoms with van der Waals surface area (Å²) in [6.45, 7) is 6.09. The Balaban J connectivity index is 1.38. The molecule has 0 aliphatic carbocycles. The van der Waals surface area contributed by atoms with E-state index >= 15 is 0 Å². The second-order valence-corrected chi connectivity index (χ2v) is 10.4. The van der Waals surface area contributed by atoms with E-state index in [1.165, 1.54) is 16.1 Å². The van der Waals surface area contributed by atoms with Crippen LogP contribution in [0.4, 0.5) is 0 Å². The van der Waals surface area contributed by atoms with Crippen LogP contribution >= 0.6 is 11.8 Å². The number of imidazole rings is 1. The smallest absolute Gasteiger partial charge is 0.277 e. The molecule has 1 saturated heterocycles. The van der Waals surface area contributed by atoms with Crippen molar-refractivity contribution < 1.29 is 22.0 Å². The maximum atomic E-state index is 13.0. The third kappa shape index (κ3) is 4.19. The monoisotopic (exact) mass is 489 g/mol. The van der Waals surface area contributed by atoms with Crippen LogP contribution in [0.15, 0.2) is 49.5 Å². The van der Waals surface area contributed by atoms with Crippen molar-refractivity contribution in [2.45, 2.75) is 36.3 Å². The van der Waals surface area contributed by atoms with Gasteiger partial charge in [0.15, 0.2) is 0 Å². The minimum atomic E-state index is -3.58. The minimum absolute atomic E-state index is 0.244. The number of aromatic nitrogens is 4. The molecule has 4 heterocycles. The molecule has 0 N–H and O–H groups in total. The van der Waals surface area contributed by atoms with E-state index < -0.39 is 10.0 Å². The first kappa shape index (κ1) is 22.1. The number of hydrogen-bond acceptors (Lipinski definition) is 9. The van der Waals surface area contributed by atoms with Gasteiger partial charge in [0, 0.05) is 19.6 Å². The van der Waals surface area contributed by atoms with E-state index in [0.717, 1.165) is 16.9 Å². The molecule has 3 aromatic heterocycles. The lowest BCUT2D eigenvalue weighted by Gasteiger charge is -2.26. The zero-order chi connectivity index (χ0) is 23.0. The maximum absolute atomic E-state index is 13.0. The van der Waals surface area contributed by atoms with Crippen molar-refractivity contribution in [3.63, 3.8) is 0 Å². The SMILES string of the molecule is CCn1c(CSc2nnc(-c3ccoc3C)o2)nc2cc(S(=O)(=O)N3CCOCC3)ccc21.